The van der Waals surface area contributed by atoms with Gasteiger partial charge in [-0.15, -0.1) is 0 Å². The Morgan fingerprint density at radius 1 is 1.29 bits per heavy atom. The van der Waals surface area contributed by atoms with Crippen LogP contribution in [0.2, 0.25) is 0 Å². The largest absolute Gasteiger partial charge is 0.298 e. The molecule has 4 heteroatoms. The van der Waals surface area contributed by atoms with Crippen LogP contribution in [0, 0.1) is 6.92 Å². The minimum Gasteiger partial charge on any atom is -0.255 e. The van der Waals surface area contributed by atoms with Crippen LogP contribution in [0.3, 0.4) is 0 Å². The topological polar surface area (TPSA) is 43.4 Å². The van der Waals surface area contributed by atoms with Gasteiger partial charge >= 0.3 is 0 Å². The summed E-state index contributed by atoms with van der Waals surface area (Å²) in [5.74, 6) is 0. The molecule has 0 amide bonds. The molecule has 2 rings (SSSR count). The van der Waals surface area contributed by atoms with E-state index < -0.39 is 15.7 Å². The summed E-state index contributed by atoms with van der Waals surface area (Å²) in [6.45, 7) is 5.45. The molecule has 0 aliphatic carbocycles. The zero-order valence-electron chi connectivity index (χ0n) is 8.37. The summed E-state index contributed by atoms with van der Waals surface area (Å²) < 4.78 is 28.1. The van der Waals surface area contributed by atoms with Gasteiger partial charge in [0.25, 0.3) is 10.1 Å². The molecule has 0 N–H and O–H groups in total. The predicted octanol–water partition coefficient (Wildman–Crippen LogP) is 1.95. The van der Waals surface area contributed by atoms with Gasteiger partial charge in [0, 0.05) is 5.56 Å². The Morgan fingerprint density at radius 3 is 2.57 bits per heavy atom. The summed E-state index contributed by atoms with van der Waals surface area (Å²) in [6, 6.07) is 5.25. The van der Waals surface area contributed by atoms with Crippen molar-refractivity contribution in [1.82, 2.24) is 0 Å². The highest BCUT2D eigenvalue weighted by molar-refractivity contribution is 7.87. The van der Waals surface area contributed by atoms with E-state index in [2.05, 4.69) is 0 Å². The van der Waals surface area contributed by atoms with E-state index in [1.165, 1.54) is 0 Å². The molecule has 0 aromatic heterocycles. The van der Waals surface area contributed by atoms with Crippen molar-refractivity contribution in [2.45, 2.75) is 31.3 Å². The molecule has 0 fully saturated rings. The van der Waals surface area contributed by atoms with Gasteiger partial charge in [0.2, 0.25) is 0 Å². The Labute approximate surface area is 83.8 Å². The molecule has 0 radical (unpaired) electrons. The van der Waals surface area contributed by atoms with E-state index in [0.717, 1.165) is 11.1 Å². The summed E-state index contributed by atoms with van der Waals surface area (Å²) in [4.78, 5) is 0.299. The number of benzene rings is 1. The van der Waals surface area contributed by atoms with Crippen LogP contribution in [0.1, 0.15) is 25.0 Å². The van der Waals surface area contributed by atoms with Crippen molar-refractivity contribution in [3.8, 4) is 0 Å². The maximum Gasteiger partial charge on any atom is 0.298 e. The SMILES string of the molecule is Cc1ccc2c(c1)C(C)(C)OS2(=O)=O. The molecule has 0 saturated heterocycles. The molecular weight excluding hydrogens is 200 g/mol. The van der Waals surface area contributed by atoms with Gasteiger partial charge in [0.05, 0.1) is 0 Å². The van der Waals surface area contributed by atoms with Gasteiger partial charge in [0.15, 0.2) is 0 Å². The fourth-order valence-corrected chi connectivity index (χ4v) is 3.23. The number of fused-ring (bicyclic) bond motifs is 1. The van der Waals surface area contributed by atoms with E-state index in [1.807, 2.05) is 13.0 Å². The second kappa shape index (κ2) is 2.58. The van der Waals surface area contributed by atoms with Gasteiger partial charge in [0.1, 0.15) is 10.5 Å². The third-order valence-electron chi connectivity index (χ3n) is 2.37. The summed E-state index contributed by atoms with van der Waals surface area (Å²) >= 11 is 0. The van der Waals surface area contributed by atoms with Crippen LogP contribution in [-0.2, 0) is 19.9 Å². The van der Waals surface area contributed by atoms with E-state index in [9.17, 15) is 8.42 Å². The average molecular weight is 212 g/mol. The highest BCUT2D eigenvalue weighted by Crippen LogP contribution is 2.40. The third kappa shape index (κ3) is 1.26. The molecule has 0 saturated carbocycles. The van der Waals surface area contributed by atoms with Crippen LogP contribution in [0.15, 0.2) is 23.1 Å². The number of aryl methyl sites for hydroxylation is 1. The number of hydrogen-bond donors (Lipinski definition) is 0. The molecule has 0 spiro atoms. The lowest BCUT2D eigenvalue weighted by Crippen LogP contribution is -2.16. The van der Waals surface area contributed by atoms with Crippen LogP contribution in [-0.4, -0.2) is 8.42 Å². The van der Waals surface area contributed by atoms with Crippen molar-refractivity contribution in [1.29, 1.82) is 0 Å². The monoisotopic (exact) mass is 212 g/mol. The lowest BCUT2D eigenvalue weighted by Gasteiger charge is -2.15. The first-order valence-corrected chi connectivity index (χ1v) is 5.80. The van der Waals surface area contributed by atoms with Gasteiger partial charge in [-0.25, -0.2) is 0 Å². The maximum atomic E-state index is 11.6. The van der Waals surface area contributed by atoms with Crippen molar-refractivity contribution >= 4 is 10.1 Å². The van der Waals surface area contributed by atoms with Gasteiger partial charge in [-0.1, -0.05) is 17.7 Å². The Kier molecular flexibility index (Phi) is 1.78. The van der Waals surface area contributed by atoms with E-state index in [1.54, 1.807) is 26.0 Å². The number of rotatable bonds is 0. The van der Waals surface area contributed by atoms with Crippen molar-refractivity contribution < 1.29 is 12.6 Å². The van der Waals surface area contributed by atoms with Gasteiger partial charge in [-0.05, 0) is 26.8 Å². The van der Waals surface area contributed by atoms with Crippen molar-refractivity contribution in [3.05, 3.63) is 29.3 Å². The van der Waals surface area contributed by atoms with E-state index in [-0.39, 0.29) is 0 Å². The van der Waals surface area contributed by atoms with Crippen LogP contribution in [0.4, 0.5) is 0 Å². The Bertz CT molecular complexity index is 486. The van der Waals surface area contributed by atoms with Crippen LogP contribution in [0.25, 0.3) is 0 Å². The molecule has 1 aromatic carbocycles. The zero-order valence-corrected chi connectivity index (χ0v) is 9.18. The summed E-state index contributed by atoms with van der Waals surface area (Å²) in [5, 5.41) is 0. The highest BCUT2D eigenvalue weighted by Gasteiger charge is 2.41. The third-order valence-corrected chi connectivity index (χ3v) is 3.90. The minimum atomic E-state index is -3.53. The first kappa shape index (κ1) is 9.68. The van der Waals surface area contributed by atoms with Crippen molar-refractivity contribution in [2.24, 2.45) is 0 Å². The summed E-state index contributed by atoms with van der Waals surface area (Å²) in [5.41, 5.74) is 1.05. The summed E-state index contributed by atoms with van der Waals surface area (Å²) in [6.07, 6.45) is 0. The molecule has 76 valence electrons. The fraction of sp³-hybridized carbons (Fsp3) is 0.400. The second-order valence-electron chi connectivity index (χ2n) is 4.05. The molecule has 0 atom stereocenters. The first-order chi connectivity index (χ1) is 6.33. The predicted molar refractivity (Wildman–Crippen MR) is 52.5 cm³/mol. The minimum absolute atomic E-state index is 0.299. The quantitative estimate of drug-likeness (QED) is 0.617. The smallest absolute Gasteiger partial charge is 0.255 e. The van der Waals surface area contributed by atoms with E-state index >= 15 is 0 Å². The molecule has 1 aliphatic rings. The highest BCUT2D eigenvalue weighted by atomic mass is 32.2. The lowest BCUT2D eigenvalue weighted by atomic mass is 9.97. The van der Waals surface area contributed by atoms with E-state index in [0.29, 0.717) is 4.90 Å². The Morgan fingerprint density at radius 2 is 1.93 bits per heavy atom. The van der Waals surface area contributed by atoms with Crippen LogP contribution >= 0.6 is 0 Å². The molecule has 1 aliphatic heterocycles. The standard InChI is InChI=1S/C10H12O3S/c1-7-4-5-9-8(6-7)10(2,3)13-14(9,11)12/h4-6H,1-3H3. The van der Waals surface area contributed by atoms with Gasteiger partial charge in [-0.3, -0.25) is 4.18 Å². The molecule has 1 heterocycles. The summed E-state index contributed by atoms with van der Waals surface area (Å²) in [7, 11) is -3.53. The normalized spacial score (nSPS) is 21.9. The van der Waals surface area contributed by atoms with Crippen molar-refractivity contribution in [3.63, 3.8) is 0 Å². The van der Waals surface area contributed by atoms with Gasteiger partial charge in [-0.2, -0.15) is 8.42 Å². The van der Waals surface area contributed by atoms with Crippen LogP contribution < -0.4 is 0 Å². The average Bonchev–Trinajstić information content (AvgIpc) is 2.17. The number of hydrogen-bond acceptors (Lipinski definition) is 3. The molecule has 3 nitrogen and oxygen atoms in total. The Balaban J connectivity index is 2.79. The molecular formula is C10H12O3S. The van der Waals surface area contributed by atoms with Crippen molar-refractivity contribution in [2.75, 3.05) is 0 Å². The first-order valence-electron chi connectivity index (χ1n) is 4.40. The van der Waals surface area contributed by atoms with E-state index in [4.69, 9.17) is 4.18 Å². The zero-order chi connectivity index (χ0) is 10.6. The maximum absolute atomic E-state index is 11.6. The molecule has 1 aromatic rings. The Hall–Kier alpha value is -0.870. The lowest BCUT2D eigenvalue weighted by molar-refractivity contribution is 0.132. The molecule has 0 bridgehead atoms. The van der Waals surface area contributed by atoms with Crippen LogP contribution in [0.5, 0.6) is 0 Å². The second-order valence-corrected chi connectivity index (χ2v) is 5.56. The molecule has 0 unspecified atom stereocenters. The molecule has 14 heavy (non-hydrogen) atoms. The fourth-order valence-electron chi connectivity index (χ4n) is 1.70. The van der Waals surface area contributed by atoms with Gasteiger partial charge < -0.3 is 0 Å².